The normalized spacial score (nSPS) is 31.7. The maximum atomic E-state index is 13.2. The van der Waals surface area contributed by atoms with E-state index in [0.29, 0.717) is 19.6 Å². The number of nitrogens with zero attached hydrogens (tertiary/aromatic N) is 3. The fraction of sp³-hybridized carbons (Fsp3) is 0.650. The monoisotopic (exact) mass is 372 g/mol. The van der Waals surface area contributed by atoms with Crippen LogP contribution in [0.25, 0.3) is 0 Å². The Morgan fingerprint density at radius 1 is 1.48 bits per heavy atom. The van der Waals surface area contributed by atoms with Crippen LogP contribution in [0.15, 0.2) is 18.3 Å². The molecular weight excluding hydrogens is 344 g/mol. The molecule has 2 amide bonds. The van der Waals surface area contributed by atoms with Gasteiger partial charge < -0.3 is 19.5 Å². The van der Waals surface area contributed by atoms with Crippen LogP contribution in [0.1, 0.15) is 32.3 Å². The van der Waals surface area contributed by atoms with Gasteiger partial charge >= 0.3 is 0 Å². The SMILES string of the molecule is Cc1cnc(CN(C)C(=O)C2C3C(=O)N(CC(C)(C)C)C[C@]34C=C[C@H]2O4)[nH]1. The van der Waals surface area contributed by atoms with E-state index in [-0.39, 0.29) is 23.3 Å². The van der Waals surface area contributed by atoms with Crippen LogP contribution in [0.4, 0.5) is 0 Å². The van der Waals surface area contributed by atoms with Gasteiger partial charge in [0.25, 0.3) is 0 Å². The molecule has 0 aliphatic carbocycles. The molecule has 2 fully saturated rings. The molecular formula is C20H28N4O3. The number of carbonyl (C=O) groups is 2. The maximum absolute atomic E-state index is 13.2. The first-order valence-electron chi connectivity index (χ1n) is 9.51. The summed E-state index contributed by atoms with van der Waals surface area (Å²) >= 11 is 0. The molecule has 3 aliphatic rings. The number of fused-ring (bicyclic) bond motifs is 1. The van der Waals surface area contributed by atoms with Gasteiger partial charge in [-0.1, -0.05) is 32.9 Å². The molecule has 1 aromatic heterocycles. The summed E-state index contributed by atoms with van der Waals surface area (Å²) in [6.07, 6.45) is 5.39. The molecule has 7 nitrogen and oxygen atoms in total. The van der Waals surface area contributed by atoms with Gasteiger partial charge in [-0.2, -0.15) is 0 Å². The number of amides is 2. The Bertz CT molecular complexity index is 808. The highest BCUT2D eigenvalue weighted by Crippen LogP contribution is 2.52. The highest BCUT2D eigenvalue weighted by molar-refractivity contribution is 5.93. The lowest BCUT2D eigenvalue weighted by Crippen LogP contribution is -2.45. The van der Waals surface area contributed by atoms with Crippen molar-refractivity contribution in [2.24, 2.45) is 17.3 Å². The number of ether oxygens (including phenoxy) is 1. The standard InChI is InChI=1S/C20H28N4O3/c1-12-8-21-14(22-12)9-23(5)17(25)15-13-6-7-20(27-13)11-24(10-19(2,3)4)18(26)16(15)20/h6-8,13,15-16H,9-11H2,1-5H3,(H,21,22)/t13-,15?,16?,20-/m1/s1. The predicted octanol–water partition coefficient (Wildman–Crippen LogP) is 1.50. The van der Waals surface area contributed by atoms with E-state index < -0.39 is 17.4 Å². The highest BCUT2D eigenvalue weighted by atomic mass is 16.5. The lowest BCUT2D eigenvalue weighted by Gasteiger charge is -2.29. The van der Waals surface area contributed by atoms with Crippen LogP contribution in [0.2, 0.25) is 0 Å². The zero-order valence-corrected chi connectivity index (χ0v) is 16.7. The van der Waals surface area contributed by atoms with Crippen LogP contribution >= 0.6 is 0 Å². The Balaban J connectivity index is 1.54. The number of nitrogens with one attached hydrogen (secondary N) is 1. The van der Waals surface area contributed by atoms with Crippen LogP contribution < -0.4 is 0 Å². The summed E-state index contributed by atoms with van der Waals surface area (Å²) in [6, 6.07) is 0. The second kappa shape index (κ2) is 5.92. The summed E-state index contributed by atoms with van der Waals surface area (Å²) < 4.78 is 6.19. The van der Waals surface area contributed by atoms with Crippen LogP contribution in [-0.4, -0.2) is 63.4 Å². The molecule has 146 valence electrons. The minimum Gasteiger partial charge on any atom is -0.360 e. The van der Waals surface area contributed by atoms with Crippen LogP contribution in [-0.2, 0) is 20.9 Å². The lowest BCUT2D eigenvalue weighted by molar-refractivity contribution is -0.143. The molecule has 2 saturated heterocycles. The minimum absolute atomic E-state index is 0.000100. The van der Waals surface area contributed by atoms with Crippen molar-refractivity contribution in [3.63, 3.8) is 0 Å². The molecule has 0 saturated carbocycles. The van der Waals surface area contributed by atoms with Crippen molar-refractivity contribution in [3.8, 4) is 0 Å². The van der Waals surface area contributed by atoms with E-state index in [4.69, 9.17) is 4.74 Å². The number of hydrogen-bond acceptors (Lipinski definition) is 4. The number of likely N-dealkylation sites (tertiary alicyclic amines) is 1. The van der Waals surface area contributed by atoms with Gasteiger partial charge in [-0.15, -0.1) is 0 Å². The average molecular weight is 372 g/mol. The molecule has 27 heavy (non-hydrogen) atoms. The van der Waals surface area contributed by atoms with Crippen LogP contribution in [0.3, 0.4) is 0 Å². The third-order valence-electron chi connectivity index (χ3n) is 5.65. The smallest absolute Gasteiger partial charge is 0.230 e. The van der Waals surface area contributed by atoms with Crippen molar-refractivity contribution in [3.05, 3.63) is 29.9 Å². The summed E-state index contributed by atoms with van der Waals surface area (Å²) in [6.45, 7) is 9.85. The van der Waals surface area contributed by atoms with Crippen molar-refractivity contribution >= 4 is 11.8 Å². The average Bonchev–Trinajstić information content (AvgIpc) is 3.28. The molecule has 1 N–H and O–H groups in total. The van der Waals surface area contributed by atoms with E-state index in [1.54, 1.807) is 18.1 Å². The number of aromatic nitrogens is 2. The number of rotatable bonds is 4. The van der Waals surface area contributed by atoms with Gasteiger partial charge in [0.15, 0.2) is 0 Å². The number of imidazole rings is 1. The largest absolute Gasteiger partial charge is 0.360 e. The molecule has 7 heteroatoms. The molecule has 0 aromatic carbocycles. The third-order valence-corrected chi connectivity index (χ3v) is 5.65. The highest BCUT2D eigenvalue weighted by Gasteiger charge is 2.67. The van der Waals surface area contributed by atoms with E-state index in [0.717, 1.165) is 11.5 Å². The number of aromatic amines is 1. The topological polar surface area (TPSA) is 78.5 Å². The van der Waals surface area contributed by atoms with Gasteiger partial charge in [-0.25, -0.2) is 4.98 Å². The first-order valence-corrected chi connectivity index (χ1v) is 9.51. The first-order chi connectivity index (χ1) is 12.6. The molecule has 1 spiro atoms. The molecule has 4 rings (SSSR count). The van der Waals surface area contributed by atoms with Crippen molar-refractivity contribution in [2.75, 3.05) is 20.1 Å². The van der Waals surface area contributed by atoms with Gasteiger partial charge in [0.1, 0.15) is 11.4 Å². The van der Waals surface area contributed by atoms with E-state index in [2.05, 4.69) is 30.7 Å². The molecule has 0 radical (unpaired) electrons. The Morgan fingerprint density at radius 2 is 2.22 bits per heavy atom. The lowest BCUT2D eigenvalue weighted by atomic mass is 9.76. The van der Waals surface area contributed by atoms with Gasteiger partial charge in [0.05, 0.1) is 31.0 Å². The zero-order chi connectivity index (χ0) is 19.6. The van der Waals surface area contributed by atoms with Gasteiger partial charge in [-0.05, 0) is 12.3 Å². The van der Waals surface area contributed by atoms with E-state index in [9.17, 15) is 9.59 Å². The third kappa shape index (κ3) is 2.98. The Hall–Kier alpha value is -2.15. The number of aryl methyl sites for hydroxylation is 1. The second-order valence-corrected chi connectivity index (χ2v) is 9.36. The number of H-pyrrole nitrogens is 1. The quantitative estimate of drug-likeness (QED) is 0.813. The van der Waals surface area contributed by atoms with Crippen molar-refractivity contribution in [1.82, 2.24) is 19.8 Å². The fourth-order valence-electron chi connectivity index (χ4n) is 4.67. The molecule has 2 unspecified atom stereocenters. The summed E-state index contributed by atoms with van der Waals surface area (Å²) in [5.74, 6) is -0.171. The molecule has 2 bridgehead atoms. The Labute approximate surface area is 159 Å². The molecule has 1 aromatic rings. The summed E-state index contributed by atoms with van der Waals surface area (Å²) in [5, 5.41) is 0. The van der Waals surface area contributed by atoms with Crippen molar-refractivity contribution in [1.29, 1.82) is 0 Å². The minimum atomic E-state index is -0.643. The molecule has 3 aliphatic heterocycles. The van der Waals surface area contributed by atoms with Gasteiger partial charge in [-0.3, -0.25) is 9.59 Å². The van der Waals surface area contributed by atoms with Crippen LogP contribution in [0, 0.1) is 24.2 Å². The van der Waals surface area contributed by atoms with Crippen LogP contribution in [0.5, 0.6) is 0 Å². The summed E-state index contributed by atoms with van der Waals surface area (Å²) in [5.41, 5.74) is 0.315. The zero-order valence-electron chi connectivity index (χ0n) is 16.7. The molecule has 4 atom stereocenters. The fourth-order valence-corrected chi connectivity index (χ4v) is 4.67. The summed E-state index contributed by atoms with van der Waals surface area (Å²) in [4.78, 5) is 37.3. The molecule has 4 heterocycles. The van der Waals surface area contributed by atoms with E-state index >= 15 is 0 Å². The maximum Gasteiger partial charge on any atom is 0.230 e. The number of hydrogen-bond donors (Lipinski definition) is 1. The van der Waals surface area contributed by atoms with Gasteiger partial charge in [0.2, 0.25) is 11.8 Å². The summed E-state index contributed by atoms with van der Waals surface area (Å²) in [7, 11) is 1.76. The van der Waals surface area contributed by atoms with Crippen molar-refractivity contribution < 1.29 is 14.3 Å². The Kier molecular flexibility index (Phi) is 4.00. The predicted molar refractivity (Wildman–Crippen MR) is 99.6 cm³/mol. The van der Waals surface area contributed by atoms with Crippen molar-refractivity contribution in [2.45, 2.75) is 45.9 Å². The first kappa shape index (κ1) is 18.2. The number of carbonyl (C=O) groups excluding carboxylic acids is 2. The second-order valence-electron chi connectivity index (χ2n) is 9.36. The Morgan fingerprint density at radius 3 is 2.85 bits per heavy atom. The van der Waals surface area contributed by atoms with E-state index in [1.165, 1.54) is 0 Å². The van der Waals surface area contributed by atoms with Gasteiger partial charge in [0, 0.05) is 25.5 Å². The van der Waals surface area contributed by atoms with E-state index in [1.807, 2.05) is 24.0 Å².